The second kappa shape index (κ2) is 6.24. The van der Waals surface area contributed by atoms with Gasteiger partial charge in [0.15, 0.2) is 8.32 Å². The fourth-order valence-corrected chi connectivity index (χ4v) is 6.72. The summed E-state index contributed by atoms with van der Waals surface area (Å²) in [4.78, 5) is 0. The average molecular weight is 353 g/mol. The van der Waals surface area contributed by atoms with Crippen LogP contribution in [0, 0.1) is 22.7 Å². The van der Waals surface area contributed by atoms with E-state index in [0.29, 0.717) is 12.0 Å². The predicted octanol–water partition coefficient (Wildman–Crippen LogP) is 5.78. The van der Waals surface area contributed by atoms with Crippen LogP contribution in [0.5, 0.6) is 0 Å². The van der Waals surface area contributed by atoms with Gasteiger partial charge in [-0.15, -0.1) is 0 Å². The molecular formula is C21H40O2Si. The molecule has 0 aliphatic heterocycles. The Morgan fingerprint density at radius 2 is 1.79 bits per heavy atom. The molecular weight excluding hydrogens is 312 g/mol. The quantitative estimate of drug-likeness (QED) is 0.515. The molecule has 0 bridgehead atoms. The van der Waals surface area contributed by atoms with Gasteiger partial charge in [0.25, 0.3) is 0 Å². The molecule has 2 nitrogen and oxygen atoms in total. The van der Waals surface area contributed by atoms with Gasteiger partial charge in [0.1, 0.15) is 0 Å². The van der Waals surface area contributed by atoms with Gasteiger partial charge in [0.2, 0.25) is 0 Å². The summed E-state index contributed by atoms with van der Waals surface area (Å²) in [5, 5.41) is 10.3. The van der Waals surface area contributed by atoms with Crippen molar-refractivity contribution in [2.24, 2.45) is 22.7 Å². The average Bonchev–Trinajstić information content (AvgIpc) is 2.40. The molecule has 2 aliphatic rings. The van der Waals surface area contributed by atoms with E-state index in [1.165, 1.54) is 12.0 Å². The number of hydrogen-bond acceptors (Lipinski definition) is 2. The molecule has 4 atom stereocenters. The molecule has 2 rings (SSSR count). The molecule has 24 heavy (non-hydrogen) atoms. The Balaban J connectivity index is 2.29. The zero-order valence-corrected chi connectivity index (χ0v) is 18.3. The molecule has 0 spiro atoms. The Morgan fingerprint density at radius 1 is 1.21 bits per heavy atom. The standard InChI is InChI=1S/C21H40O2Si/c1-15-10-11-17-20(5,6)18(23-24(8,9)19(2,3)4)12-13-21(17,7)16(15)14-22/h16-18,22H,1,10-14H2,2-9H3/t16-,17-,18-,21+/m0/s1. The first-order valence-electron chi connectivity index (χ1n) is 9.73. The molecule has 3 heteroatoms. The summed E-state index contributed by atoms with van der Waals surface area (Å²) in [6.45, 7) is 23.5. The highest BCUT2D eigenvalue weighted by atomic mass is 28.4. The first kappa shape index (κ1) is 20.2. The molecule has 2 aliphatic carbocycles. The summed E-state index contributed by atoms with van der Waals surface area (Å²) in [6, 6.07) is 0. The van der Waals surface area contributed by atoms with Crippen molar-refractivity contribution >= 4 is 8.32 Å². The summed E-state index contributed by atoms with van der Waals surface area (Å²) in [6.07, 6.45) is 4.83. The lowest BCUT2D eigenvalue weighted by Gasteiger charge is -2.61. The van der Waals surface area contributed by atoms with Gasteiger partial charge in [-0.3, -0.25) is 0 Å². The Kier molecular flexibility index (Phi) is 5.25. The second-order valence-corrected chi connectivity index (χ2v) is 15.5. The van der Waals surface area contributed by atoms with Crippen molar-refractivity contribution in [2.75, 3.05) is 6.61 Å². The van der Waals surface area contributed by atoms with E-state index in [9.17, 15) is 5.11 Å². The minimum Gasteiger partial charge on any atom is -0.413 e. The van der Waals surface area contributed by atoms with Crippen molar-refractivity contribution in [3.05, 3.63) is 12.2 Å². The maximum atomic E-state index is 10.0. The van der Waals surface area contributed by atoms with Gasteiger partial charge < -0.3 is 9.53 Å². The van der Waals surface area contributed by atoms with Crippen LogP contribution in [0.1, 0.15) is 67.2 Å². The lowest BCUT2D eigenvalue weighted by Crippen LogP contribution is -2.58. The molecule has 2 saturated carbocycles. The van der Waals surface area contributed by atoms with Crippen LogP contribution in [0.15, 0.2) is 12.2 Å². The van der Waals surface area contributed by atoms with Crippen molar-refractivity contribution in [1.29, 1.82) is 0 Å². The number of hydrogen-bond donors (Lipinski definition) is 1. The number of fused-ring (bicyclic) bond motifs is 1. The maximum Gasteiger partial charge on any atom is 0.192 e. The smallest absolute Gasteiger partial charge is 0.192 e. The Bertz CT molecular complexity index is 489. The Labute approximate surface area is 151 Å². The number of rotatable bonds is 3. The lowest BCUT2D eigenvalue weighted by atomic mass is 9.47. The number of aliphatic hydroxyl groups is 1. The fraction of sp³-hybridized carbons (Fsp3) is 0.905. The van der Waals surface area contributed by atoms with Crippen molar-refractivity contribution in [3.63, 3.8) is 0 Å². The van der Waals surface area contributed by atoms with E-state index >= 15 is 0 Å². The first-order valence-corrected chi connectivity index (χ1v) is 12.6. The Morgan fingerprint density at radius 3 is 2.29 bits per heavy atom. The van der Waals surface area contributed by atoms with Crippen LogP contribution in [0.2, 0.25) is 18.1 Å². The van der Waals surface area contributed by atoms with Gasteiger partial charge in [-0.25, -0.2) is 0 Å². The second-order valence-electron chi connectivity index (χ2n) is 10.7. The summed E-state index contributed by atoms with van der Waals surface area (Å²) in [7, 11) is -1.77. The third kappa shape index (κ3) is 3.17. The van der Waals surface area contributed by atoms with E-state index in [2.05, 4.69) is 61.2 Å². The molecule has 0 aromatic heterocycles. The van der Waals surface area contributed by atoms with Crippen LogP contribution < -0.4 is 0 Å². The topological polar surface area (TPSA) is 29.5 Å². The maximum absolute atomic E-state index is 10.0. The predicted molar refractivity (Wildman–Crippen MR) is 106 cm³/mol. The summed E-state index contributed by atoms with van der Waals surface area (Å²) in [5.74, 6) is 0.848. The Hall–Kier alpha value is -0.123. The molecule has 0 heterocycles. The first-order chi connectivity index (χ1) is 10.8. The van der Waals surface area contributed by atoms with E-state index in [4.69, 9.17) is 4.43 Å². The van der Waals surface area contributed by atoms with Crippen molar-refractivity contribution < 1.29 is 9.53 Å². The number of aliphatic hydroxyl groups excluding tert-OH is 1. The van der Waals surface area contributed by atoms with Gasteiger partial charge >= 0.3 is 0 Å². The van der Waals surface area contributed by atoms with E-state index in [0.717, 1.165) is 19.3 Å². The van der Waals surface area contributed by atoms with Crippen LogP contribution >= 0.6 is 0 Å². The largest absolute Gasteiger partial charge is 0.413 e. The normalized spacial score (nSPS) is 37.2. The molecule has 0 aromatic rings. The van der Waals surface area contributed by atoms with Crippen molar-refractivity contribution in [1.82, 2.24) is 0 Å². The van der Waals surface area contributed by atoms with Crippen molar-refractivity contribution in [2.45, 2.75) is 91.5 Å². The third-order valence-electron chi connectivity index (χ3n) is 7.94. The minimum absolute atomic E-state index is 0.149. The van der Waals surface area contributed by atoms with Gasteiger partial charge in [-0.05, 0) is 60.6 Å². The van der Waals surface area contributed by atoms with E-state index in [-0.39, 0.29) is 28.4 Å². The van der Waals surface area contributed by atoms with Crippen LogP contribution in [-0.4, -0.2) is 26.1 Å². The molecule has 0 aromatic carbocycles. The molecule has 140 valence electrons. The molecule has 0 unspecified atom stereocenters. The van der Waals surface area contributed by atoms with Gasteiger partial charge in [0.05, 0.1) is 12.7 Å². The third-order valence-corrected chi connectivity index (χ3v) is 12.4. The highest BCUT2D eigenvalue weighted by molar-refractivity contribution is 6.74. The zero-order valence-electron chi connectivity index (χ0n) is 17.3. The van der Waals surface area contributed by atoms with Crippen LogP contribution in [0.25, 0.3) is 0 Å². The van der Waals surface area contributed by atoms with Gasteiger partial charge in [-0.1, -0.05) is 53.7 Å². The molecule has 2 fully saturated rings. The lowest BCUT2D eigenvalue weighted by molar-refractivity contribution is -0.124. The van der Waals surface area contributed by atoms with Crippen molar-refractivity contribution in [3.8, 4) is 0 Å². The van der Waals surface area contributed by atoms with Crippen LogP contribution in [0.3, 0.4) is 0 Å². The van der Waals surface area contributed by atoms with Gasteiger partial charge in [-0.2, -0.15) is 0 Å². The van der Waals surface area contributed by atoms with E-state index in [1.54, 1.807) is 0 Å². The van der Waals surface area contributed by atoms with E-state index in [1.807, 2.05) is 0 Å². The van der Waals surface area contributed by atoms with Crippen LogP contribution in [-0.2, 0) is 4.43 Å². The SMILES string of the molecule is C=C1CC[C@H]2C(C)(C)[C@@H](O[Si](C)(C)C(C)(C)C)CC[C@]2(C)[C@H]1CO. The molecule has 0 saturated heterocycles. The van der Waals surface area contributed by atoms with E-state index < -0.39 is 8.32 Å². The highest BCUT2D eigenvalue weighted by Crippen LogP contribution is 2.61. The molecule has 0 radical (unpaired) electrons. The summed E-state index contributed by atoms with van der Waals surface area (Å²) in [5.41, 5.74) is 1.58. The summed E-state index contributed by atoms with van der Waals surface area (Å²) < 4.78 is 6.90. The zero-order chi connectivity index (χ0) is 18.6. The minimum atomic E-state index is -1.77. The highest BCUT2D eigenvalue weighted by Gasteiger charge is 2.57. The molecule has 1 N–H and O–H groups in total. The monoisotopic (exact) mass is 352 g/mol. The molecule has 0 amide bonds. The van der Waals surface area contributed by atoms with Gasteiger partial charge in [0, 0.05) is 5.92 Å². The van der Waals surface area contributed by atoms with Crippen LogP contribution in [0.4, 0.5) is 0 Å². The summed E-state index contributed by atoms with van der Waals surface area (Å²) >= 11 is 0. The fourth-order valence-electron chi connectivity index (χ4n) is 5.23.